The fraction of sp³-hybridized carbons (Fsp3) is 0.542. The molecule has 2 aliphatic heterocycles. The molecule has 2 amide bonds. The number of nitrogens with zero attached hydrogens (tertiary/aromatic N) is 3. The van der Waals surface area contributed by atoms with E-state index in [0.717, 1.165) is 24.1 Å². The zero-order chi connectivity index (χ0) is 22.0. The maximum Gasteiger partial charge on any atom is 0.257 e. The molecule has 2 fully saturated rings. The van der Waals surface area contributed by atoms with Gasteiger partial charge in [-0.2, -0.15) is 5.10 Å². The molecule has 4 rings (SSSR count). The largest absolute Gasteiger partial charge is 0.372 e. The minimum atomic E-state index is 0.0172. The summed E-state index contributed by atoms with van der Waals surface area (Å²) >= 11 is 0. The molecule has 2 saturated heterocycles. The number of morpholine rings is 1. The summed E-state index contributed by atoms with van der Waals surface area (Å²) in [4.78, 5) is 29.7. The van der Waals surface area contributed by atoms with Crippen molar-refractivity contribution in [1.29, 1.82) is 0 Å². The third-order valence-corrected chi connectivity index (χ3v) is 6.34. The van der Waals surface area contributed by atoms with Crippen LogP contribution in [0.15, 0.2) is 30.5 Å². The Labute approximate surface area is 183 Å². The van der Waals surface area contributed by atoms with Crippen LogP contribution < -0.4 is 0 Å². The zero-order valence-corrected chi connectivity index (χ0v) is 18.6. The van der Waals surface area contributed by atoms with Crippen molar-refractivity contribution < 1.29 is 14.3 Å². The molecule has 0 bridgehead atoms. The van der Waals surface area contributed by atoms with Crippen molar-refractivity contribution in [2.45, 2.75) is 58.2 Å². The lowest BCUT2D eigenvalue weighted by Gasteiger charge is -2.36. The molecule has 0 spiro atoms. The molecule has 3 heterocycles. The van der Waals surface area contributed by atoms with Gasteiger partial charge in [0.25, 0.3) is 5.91 Å². The van der Waals surface area contributed by atoms with Crippen LogP contribution in [0.25, 0.3) is 0 Å². The molecular weight excluding hydrogens is 392 g/mol. The Morgan fingerprint density at radius 3 is 2.35 bits per heavy atom. The smallest absolute Gasteiger partial charge is 0.257 e. The molecule has 31 heavy (non-hydrogen) atoms. The summed E-state index contributed by atoms with van der Waals surface area (Å²) in [5.41, 5.74) is 3.81. The number of aromatic nitrogens is 2. The van der Waals surface area contributed by atoms with Crippen molar-refractivity contribution in [3.8, 4) is 0 Å². The van der Waals surface area contributed by atoms with Crippen LogP contribution in [0.5, 0.6) is 0 Å². The Balaban J connectivity index is 1.36. The van der Waals surface area contributed by atoms with Crippen molar-refractivity contribution in [2.24, 2.45) is 0 Å². The number of likely N-dealkylation sites (tertiary alicyclic amines) is 1. The van der Waals surface area contributed by atoms with E-state index in [1.165, 1.54) is 5.56 Å². The van der Waals surface area contributed by atoms with Gasteiger partial charge in [0.1, 0.15) is 0 Å². The molecule has 1 aromatic heterocycles. The van der Waals surface area contributed by atoms with Crippen LogP contribution in [0.4, 0.5) is 0 Å². The van der Waals surface area contributed by atoms with Gasteiger partial charge in [-0.1, -0.05) is 29.8 Å². The van der Waals surface area contributed by atoms with E-state index in [9.17, 15) is 9.59 Å². The molecule has 166 valence electrons. The third kappa shape index (κ3) is 4.98. The topological polar surface area (TPSA) is 78.5 Å². The zero-order valence-electron chi connectivity index (χ0n) is 18.6. The van der Waals surface area contributed by atoms with Crippen LogP contribution in [0.2, 0.25) is 0 Å². The van der Waals surface area contributed by atoms with E-state index < -0.39 is 0 Å². The lowest BCUT2D eigenvalue weighted by molar-refractivity contribution is -0.131. The number of aryl methyl sites for hydroxylation is 1. The lowest BCUT2D eigenvalue weighted by Crippen LogP contribution is -2.48. The molecule has 1 N–H and O–H groups in total. The number of aromatic amines is 1. The highest BCUT2D eigenvalue weighted by Crippen LogP contribution is 2.30. The predicted octanol–water partition coefficient (Wildman–Crippen LogP) is 2.92. The van der Waals surface area contributed by atoms with E-state index in [1.807, 2.05) is 54.8 Å². The van der Waals surface area contributed by atoms with Gasteiger partial charge in [-0.05, 0) is 39.2 Å². The minimum absolute atomic E-state index is 0.0172. The summed E-state index contributed by atoms with van der Waals surface area (Å²) in [5, 5.41) is 7.26. The summed E-state index contributed by atoms with van der Waals surface area (Å²) in [6, 6.07) is 8.13. The Kier molecular flexibility index (Phi) is 6.41. The predicted molar refractivity (Wildman–Crippen MR) is 118 cm³/mol. The normalized spacial score (nSPS) is 22.5. The Morgan fingerprint density at radius 2 is 1.71 bits per heavy atom. The SMILES string of the molecule is Cc1ccc(CC(=O)N2CCC(c3[nH]ncc3C(=O)N3C[C@@H](C)O[C@H](C)C3)CC2)cc1. The van der Waals surface area contributed by atoms with Gasteiger partial charge in [0.15, 0.2) is 0 Å². The van der Waals surface area contributed by atoms with E-state index >= 15 is 0 Å². The maximum atomic E-state index is 13.2. The van der Waals surface area contributed by atoms with E-state index in [1.54, 1.807) is 6.20 Å². The Bertz CT molecular complexity index is 905. The maximum absolute atomic E-state index is 13.2. The van der Waals surface area contributed by atoms with Crippen LogP contribution in [-0.2, 0) is 16.0 Å². The number of hydrogen-bond acceptors (Lipinski definition) is 4. The highest BCUT2D eigenvalue weighted by molar-refractivity contribution is 5.95. The first-order chi connectivity index (χ1) is 14.9. The lowest BCUT2D eigenvalue weighted by atomic mass is 9.90. The monoisotopic (exact) mass is 424 g/mol. The quantitative estimate of drug-likeness (QED) is 0.819. The summed E-state index contributed by atoms with van der Waals surface area (Å²) < 4.78 is 5.76. The number of amides is 2. The number of carbonyl (C=O) groups is 2. The number of nitrogens with one attached hydrogen (secondary N) is 1. The number of carbonyl (C=O) groups excluding carboxylic acids is 2. The van der Waals surface area contributed by atoms with Crippen molar-refractivity contribution >= 4 is 11.8 Å². The molecule has 0 aliphatic carbocycles. The van der Waals surface area contributed by atoms with Crippen LogP contribution >= 0.6 is 0 Å². The third-order valence-electron chi connectivity index (χ3n) is 6.34. The van der Waals surface area contributed by atoms with Crippen molar-refractivity contribution in [3.05, 3.63) is 52.8 Å². The molecule has 2 aliphatic rings. The second-order valence-electron chi connectivity index (χ2n) is 8.98. The van der Waals surface area contributed by atoms with E-state index in [2.05, 4.69) is 10.2 Å². The van der Waals surface area contributed by atoms with Crippen molar-refractivity contribution in [1.82, 2.24) is 20.0 Å². The van der Waals surface area contributed by atoms with Crippen molar-refractivity contribution in [2.75, 3.05) is 26.2 Å². The van der Waals surface area contributed by atoms with E-state index in [-0.39, 0.29) is 29.9 Å². The van der Waals surface area contributed by atoms with Crippen LogP contribution in [0, 0.1) is 6.92 Å². The molecule has 0 saturated carbocycles. The fourth-order valence-electron chi connectivity index (χ4n) is 4.70. The number of piperidine rings is 1. The first-order valence-corrected chi connectivity index (χ1v) is 11.2. The summed E-state index contributed by atoms with van der Waals surface area (Å²) in [6.07, 6.45) is 3.82. The van der Waals surface area contributed by atoms with Gasteiger partial charge in [0, 0.05) is 32.1 Å². The second kappa shape index (κ2) is 9.22. The van der Waals surface area contributed by atoms with Crippen LogP contribution in [-0.4, -0.2) is 70.2 Å². The molecule has 2 atom stereocenters. The molecule has 1 aromatic carbocycles. The number of hydrogen-bond donors (Lipinski definition) is 1. The second-order valence-corrected chi connectivity index (χ2v) is 8.98. The molecule has 0 unspecified atom stereocenters. The number of rotatable bonds is 4. The minimum Gasteiger partial charge on any atom is -0.372 e. The Morgan fingerprint density at radius 1 is 1.06 bits per heavy atom. The van der Waals surface area contributed by atoms with Gasteiger partial charge in [-0.15, -0.1) is 0 Å². The van der Waals surface area contributed by atoms with Gasteiger partial charge < -0.3 is 14.5 Å². The molecule has 7 nitrogen and oxygen atoms in total. The Hall–Kier alpha value is -2.67. The first kappa shape index (κ1) is 21.6. The molecular formula is C24H32N4O3. The highest BCUT2D eigenvalue weighted by Gasteiger charge is 2.32. The van der Waals surface area contributed by atoms with Gasteiger partial charge in [0.2, 0.25) is 5.91 Å². The average Bonchev–Trinajstić information content (AvgIpc) is 3.24. The van der Waals surface area contributed by atoms with Crippen molar-refractivity contribution in [3.63, 3.8) is 0 Å². The highest BCUT2D eigenvalue weighted by atomic mass is 16.5. The van der Waals surface area contributed by atoms with Gasteiger partial charge in [-0.3, -0.25) is 14.7 Å². The number of ether oxygens (including phenoxy) is 1. The number of benzene rings is 1. The molecule has 2 aromatic rings. The summed E-state index contributed by atoms with van der Waals surface area (Å²) in [7, 11) is 0. The van der Waals surface area contributed by atoms with Gasteiger partial charge in [-0.25, -0.2) is 0 Å². The standard InChI is InChI=1S/C24H32N4O3/c1-16-4-6-19(7-5-16)12-22(29)27-10-8-20(9-11-27)23-21(13-25-26-23)24(30)28-14-17(2)31-18(3)15-28/h4-7,13,17-18,20H,8-12,14-15H2,1-3H3,(H,25,26)/t17-,18-/m1/s1. The first-order valence-electron chi connectivity index (χ1n) is 11.2. The molecule has 7 heteroatoms. The summed E-state index contributed by atoms with van der Waals surface area (Å²) in [5.74, 6) is 0.392. The van der Waals surface area contributed by atoms with E-state index in [0.29, 0.717) is 38.2 Å². The average molecular weight is 425 g/mol. The fourth-order valence-corrected chi connectivity index (χ4v) is 4.70. The molecule has 0 radical (unpaired) electrons. The van der Waals surface area contributed by atoms with Crippen LogP contribution in [0.1, 0.15) is 59.8 Å². The van der Waals surface area contributed by atoms with E-state index in [4.69, 9.17) is 4.74 Å². The van der Waals surface area contributed by atoms with Gasteiger partial charge >= 0.3 is 0 Å². The van der Waals surface area contributed by atoms with Crippen LogP contribution in [0.3, 0.4) is 0 Å². The number of H-pyrrole nitrogens is 1. The van der Waals surface area contributed by atoms with Gasteiger partial charge in [0.05, 0.1) is 36.1 Å². The summed E-state index contributed by atoms with van der Waals surface area (Å²) in [6.45, 7) is 8.64.